The maximum Gasteiger partial charge on any atom is 0.252 e. The van der Waals surface area contributed by atoms with Crippen molar-refractivity contribution in [3.8, 4) is 0 Å². The second kappa shape index (κ2) is 12.8. The maximum absolute atomic E-state index is 12.9. The predicted octanol–water partition coefficient (Wildman–Crippen LogP) is 6.04. The van der Waals surface area contributed by atoms with Crippen molar-refractivity contribution in [1.82, 2.24) is 40.4 Å². The van der Waals surface area contributed by atoms with Crippen LogP contribution in [0.15, 0.2) is 72.8 Å². The molecule has 54 heavy (non-hydrogen) atoms. The normalized spacial score (nSPS) is 17.7. The molecule has 7 aromatic rings. The molecule has 12 nitrogen and oxygen atoms in total. The summed E-state index contributed by atoms with van der Waals surface area (Å²) in [6.45, 7) is 1.53. The molecule has 2 amide bonds. The van der Waals surface area contributed by atoms with E-state index in [1.54, 1.807) is 6.07 Å². The molecular weight excluding hydrogens is 677 g/mol. The predicted molar refractivity (Wildman–Crippen MR) is 213 cm³/mol. The zero-order valence-corrected chi connectivity index (χ0v) is 30.8. The summed E-state index contributed by atoms with van der Waals surface area (Å²) in [6.07, 6.45) is 2.40. The molecule has 1 saturated carbocycles. The average molecular weight is 721 g/mol. The zero-order chi connectivity index (χ0) is 37.4. The van der Waals surface area contributed by atoms with Crippen LogP contribution in [0.4, 0.5) is 11.4 Å². The lowest BCUT2D eigenvalue weighted by molar-refractivity contribution is 0.0952. The number of nitrogens with one attached hydrogen (secondary N) is 5. The lowest BCUT2D eigenvalue weighted by Gasteiger charge is -2.17. The number of rotatable bonds is 7. The Labute approximate surface area is 312 Å². The van der Waals surface area contributed by atoms with E-state index in [9.17, 15) is 9.59 Å². The van der Waals surface area contributed by atoms with E-state index in [2.05, 4.69) is 79.8 Å². The fourth-order valence-electron chi connectivity index (χ4n) is 8.17. The summed E-state index contributed by atoms with van der Waals surface area (Å²) >= 11 is 0. The molecule has 0 spiro atoms. The van der Waals surface area contributed by atoms with Crippen LogP contribution in [0.1, 0.15) is 91.0 Å². The van der Waals surface area contributed by atoms with Crippen LogP contribution in [-0.2, 0) is 13.1 Å². The number of anilines is 2. The van der Waals surface area contributed by atoms with Gasteiger partial charge in [0.15, 0.2) is 0 Å². The Morgan fingerprint density at radius 3 is 1.69 bits per heavy atom. The van der Waals surface area contributed by atoms with Gasteiger partial charge in [-0.25, -0.2) is 4.98 Å². The molecule has 0 radical (unpaired) electrons. The highest BCUT2D eigenvalue weighted by molar-refractivity contribution is 6.04. The van der Waals surface area contributed by atoms with Crippen molar-refractivity contribution in [3.05, 3.63) is 123 Å². The van der Waals surface area contributed by atoms with Gasteiger partial charge in [-0.05, 0) is 88.6 Å². The van der Waals surface area contributed by atoms with E-state index < -0.39 is 0 Å². The van der Waals surface area contributed by atoms with E-state index in [4.69, 9.17) is 16.5 Å². The van der Waals surface area contributed by atoms with E-state index in [1.165, 1.54) is 12.8 Å². The molecule has 3 aliphatic rings. The van der Waals surface area contributed by atoms with Crippen LogP contribution in [-0.4, -0.2) is 69.7 Å². The van der Waals surface area contributed by atoms with Crippen molar-refractivity contribution >= 4 is 56.0 Å². The fourth-order valence-corrected chi connectivity index (χ4v) is 8.17. The number of para-hydroxylation sites is 2. The van der Waals surface area contributed by atoms with E-state index in [0.29, 0.717) is 22.9 Å². The summed E-state index contributed by atoms with van der Waals surface area (Å²) < 4.78 is 0. The molecule has 1 aliphatic carbocycles. The first kappa shape index (κ1) is 33.7. The van der Waals surface area contributed by atoms with E-state index in [1.807, 2.05) is 50.5 Å². The van der Waals surface area contributed by atoms with Gasteiger partial charge < -0.3 is 46.9 Å². The number of imidazole rings is 1. The standard InChI is InChI=1S/C23H23N5O.C19H21N5O/c1-28(2)11-19-20(13-5-3-4-6-16(13)24-19)21-14-9-17-18(10-15(14)23(29)27-21)26-22(25-17)12-7-8-12;1-24(2)9-16-17(10-5-3-4-6-15(10)22-16)18-11-7-13(20)14(21)8-12(11)19(25)23-18/h3-6,9-10,12,21,24H,7-8,11H2,1-2H3,(H,25,26)(H,27,29);3-8,18,22H,9,20-21H2,1-2H3,(H,23,25). The molecule has 3 aromatic heterocycles. The highest BCUT2D eigenvalue weighted by Gasteiger charge is 2.36. The van der Waals surface area contributed by atoms with E-state index in [0.717, 1.165) is 91.0 Å². The summed E-state index contributed by atoms with van der Waals surface area (Å²) in [7, 11) is 8.16. The number of hydrogen-bond acceptors (Lipinski definition) is 7. The van der Waals surface area contributed by atoms with Crippen molar-refractivity contribution < 1.29 is 9.59 Å². The minimum atomic E-state index is -0.239. The largest absolute Gasteiger partial charge is 0.397 e. The summed E-state index contributed by atoms with van der Waals surface area (Å²) in [5, 5.41) is 8.58. The highest BCUT2D eigenvalue weighted by Crippen LogP contribution is 2.42. The van der Waals surface area contributed by atoms with Crippen molar-refractivity contribution in [2.75, 3.05) is 39.7 Å². The monoisotopic (exact) mass is 720 g/mol. The van der Waals surface area contributed by atoms with Crippen LogP contribution >= 0.6 is 0 Å². The zero-order valence-electron chi connectivity index (χ0n) is 30.8. The summed E-state index contributed by atoms with van der Waals surface area (Å²) in [5.41, 5.74) is 24.6. The smallest absolute Gasteiger partial charge is 0.252 e. The second-order valence-electron chi connectivity index (χ2n) is 15.3. The fraction of sp³-hybridized carbons (Fsp3) is 0.262. The number of nitrogen functional groups attached to an aromatic ring is 2. The third-order valence-corrected chi connectivity index (χ3v) is 10.7. The van der Waals surface area contributed by atoms with Gasteiger partial charge in [0.25, 0.3) is 11.8 Å². The van der Waals surface area contributed by atoms with Gasteiger partial charge in [-0.2, -0.15) is 0 Å². The maximum atomic E-state index is 12.9. The topological polar surface area (TPSA) is 177 Å². The lowest BCUT2D eigenvalue weighted by Crippen LogP contribution is -2.22. The third-order valence-electron chi connectivity index (χ3n) is 10.7. The lowest BCUT2D eigenvalue weighted by atomic mass is 9.95. The van der Waals surface area contributed by atoms with Crippen LogP contribution < -0.4 is 22.1 Å². The van der Waals surface area contributed by atoms with E-state index in [-0.39, 0.29) is 23.9 Å². The van der Waals surface area contributed by atoms with Crippen molar-refractivity contribution in [2.45, 2.75) is 43.9 Å². The van der Waals surface area contributed by atoms with Gasteiger partial charge >= 0.3 is 0 Å². The number of aromatic amines is 3. The van der Waals surface area contributed by atoms with Gasteiger partial charge in [0.05, 0.1) is 34.5 Å². The molecule has 0 saturated heterocycles. The highest BCUT2D eigenvalue weighted by atomic mass is 16.2. The van der Waals surface area contributed by atoms with Gasteiger partial charge in [-0.1, -0.05) is 36.4 Å². The number of fused-ring (bicyclic) bond motifs is 5. The minimum Gasteiger partial charge on any atom is -0.397 e. The Morgan fingerprint density at radius 2 is 1.15 bits per heavy atom. The Balaban J connectivity index is 0.000000144. The van der Waals surface area contributed by atoms with Crippen LogP contribution in [0, 0.1) is 0 Å². The van der Waals surface area contributed by atoms with E-state index >= 15 is 0 Å². The molecular formula is C42H44N10O2. The first-order valence-corrected chi connectivity index (χ1v) is 18.4. The Kier molecular flexibility index (Phi) is 7.98. The van der Waals surface area contributed by atoms with Gasteiger partial charge in [0.2, 0.25) is 0 Å². The molecule has 0 bridgehead atoms. The molecule has 2 unspecified atom stereocenters. The van der Waals surface area contributed by atoms with Crippen molar-refractivity contribution in [2.24, 2.45) is 0 Å². The minimum absolute atomic E-state index is 0.0241. The first-order chi connectivity index (χ1) is 26.0. The molecule has 2 aliphatic heterocycles. The molecule has 9 N–H and O–H groups in total. The van der Waals surface area contributed by atoms with Crippen LogP contribution in [0.3, 0.4) is 0 Å². The number of benzene rings is 4. The number of nitrogens with two attached hydrogens (primary N) is 2. The number of nitrogens with zero attached hydrogens (tertiary/aromatic N) is 3. The molecule has 5 heterocycles. The molecule has 4 aromatic carbocycles. The molecule has 274 valence electrons. The Morgan fingerprint density at radius 1 is 0.648 bits per heavy atom. The molecule has 12 heteroatoms. The van der Waals surface area contributed by atoms with Gasteiger partial charge in [0.1, 0.15) is 5.82 Å². The molecule has 1 fully saturated rings. The summed E-state index contributed by atoms with van der Waals surface area (Å²) in [4.78, 5) is 44.9. The van der Waals surface area contributed by atoms with Crippen molar-refractivity contribution in [3.63, 3.8) is 0 Å². The first-order valence-electron chi connectivity index (χ1n) is 18.4. The second-order valence-corrected chi connectivity index (χ2v) is 15.3. The number of H-pyrrole nitrogens is 3. The van der Waals surface area contributed by atoms with Crippen LogP contribution in [0.2, 0.25) is 0 Å². The average Bonchev–Trinajstić information content (AvgIpc) is 3.34. The van der Waals surface area contributed by atoms with Crippen LogP contribution in [0.25, 0.3) is 32.8 Å². The molecule has 10 rings (SSSR count). The Bertz CT molecular complexity index is 2620. The SMILES string of the molecule is CN(C)Cc1[nH]c2ccccc2c1C1NC(=O)c2cc(N)c(N)cc21.CN(C)Cc1[nH]c2ccccc2c1C1NC(=O)c2cc3nc(C4CC4)[nH]c3cc21. The molecule has 2 atom stereocenters. The van der Waals surface area contributed by atoms with Gasteiger partial charge in [0, 0.05) is 74.5 Å². The Hall–Kier alpha value is -6.11. The van der Waals surface area contributed by atoms with Gasteiger partial charge in [-0.3, -0.25) is 9.59 Å². The number of aromatic nitrogens is 4. The number of hydrogen-bond donors (Lipinski definition) is 7. The summed E-state index contributed by atoms with van der Waals surface area (Å²) in [6, 6.07) is 23.6. The van der Waals surface area contributed by atoms with Crippen LogP contribution in [0.5, 0.6) is 0 Å². The van der Waals surface area contributed by atoms with Crippen molar-refractivity contribution in [1.29, 1.82) is 0 Å². The van der Waals surface area contributed by atoms with Gasteiger partial charge in [-0.15, -0.1) is 0 Å². The third kappa shape index (κ3) is 5.74. The number of amides is 2. The summed E-state index contributed by atoms with van der Waals surface area (Å²) in [5.74, 6) is 1.47. The number of carbonyl (C=O) groups excluding carboxylic acids is 2. The quantitative estimate of drug-likeness (QED) is 0.0982. The number of carbonyl (C=O) groups is 2.